The van der Waals surface area contributed by atoms with Gasteiger partial charge in [0, 0.05) is 22.3 Å². The average molecular weight is 529 g/mol. The number of ether oxygens (including phenoxy) is 1. The molecular formula is C33H28N4O3. The first-order chi connectivity index (χ1) is 19.6. The first kappa shape index (κ1) is 24.3. The molecule has 1 fully saturated rings. The number of hydrogen-bond acceptors (Lipinski definition) is 7. The zero-order chi connectivity index (χ0) is 27.1. The molecule has 3 atom stereocenters. The molecule has 0 saturated heterocycles. The van der Waals surface area contributed by atoms with Crippen LogP contribution in [0.15, 0.2) is 100 Å². The van der Waals surface area contributed by atoms with E-state index in [-0.39, 0.29) is 0 Å². The van der Waals surface area contributed by atoms with Gasteiger partial charge in [-0.05, 0) is 97.7 Å². The minimum atomic E-state index is 0.436. The van der Waals surface area contributed by atoms with Crippen LogP contribution < -0.4 is 4.74 Å². The molecule has 3 aromatic carbocycles. The fraction of sp³-hybridized carbons (Fsp3) is 0.212. The Balaban J connectivity index is 1.03. The van der Waals surface area contributed by atoms with Crippen LogP contribution in [0, 0.1) is 17.8 Å². The number of rotatable bonds is 8. The number of aromatic nitrogens is 4. The highest BCUT2D eigenvalue weighted by atomic mass is 16.5. The number of allylic oxidation sites excluding steroid dienone is 3. The third-order valence-electron chi connectivity index (χ3n) is 7.81. The van der Waals surface area contributed by atoms with E-state index in [1.807, 2.05) is 79.7 Å². The molecule has 1 saturated carbocycles. The van der Waals surface area contributed by atoms with Gasteiger partial charge < -0.3 is 13.6 Å². The van der Waals surface area contributed by atoms with Crippen molar-refractivity contribution >= 4 is 5.57 Å². The molecule has 2 heterocycles. The molecule has 3 unspecified atom stereocenters. The van der Waals surface area contributed by atoms with Crippen LogP contribution in [-0.2, 0) is 0 Å². The van der Waals surface area contributed by atoms with Crippen LogP contribution in [0.25, 0.3) is 51.4 Å². The van der Waals surface area contributed by atoms with Crippen molar-refractivity contribution in [3.05, 3.63) is 97.1 Å². The van der Waals surface area contributed by atoms with Crippen LogP contribution in [0.5, 0.6) is 5.75 Å². The number of hydrogen-bond donors (Lipinski definition) is 0. The Morgan fingerprint density at radius 1 is 0.750 bits per heavy atom. The number of nitrogens with zero attached hydrogens (tertiary/aromatic N) is 4. The molecule has 2 bridgehead atoms. The van der Waals surface area contributed by atoms with E-state index in [2.05, 4.69) is 39.1 Å². The van der Waals surface area contributed by atoms with Gasteiger partial charge in [-0.1, -0.05) is 42.5 Å². The van der Waals surface area contributed by atoms with Crippen LogP contribution in [0.1, 0.15) is 25.3 Å². The molecule has 5 aromatic rings. The number of fused-ring (bicyclic) bond motifs is 2. The Hall–Kier alpha value is -4.78. The van der Waals surface area contributed by atoms with Gasteiger partial charge in [-0.3, -0.25) is 0 Å². The second kappa shape index (κ2) is 10.1. The molecule has 7 heteroatoms. The Morgan fingerprint density at radius 3 is 1.85 bits per heavy atom. The van der Waals surface area contributed by atoms with E-state index in [1.54, 1.807) is 0 Å². The summed E-state index contributed by atoms with van der Waals surface area (Å²) < 4.78 is 18.1. The van der Waals surface area contributed by atoms with Crippen LogP contribution in [0.4, 0.5) is 0 Å². The second-order valence-corrected chi connectivity index (χ2v) is 10.6. The molecule has 198 valence electrons. The van der Waals surface area contributed by atoms with Gasteiger partial charge in [-0.2, -0.15) is 0 Å². The summed E-state index contributed by atoms with van der Waals surface area (Å²) in [5.74, 6) is 4.62. The molecule has 0 amide bonds. The van der Waals surface area contributed by atoms with E-state index in [1.165, 1.54) is 12.8 Å². The molecule has 2 aliphatic carbocycles. The summed E-state index contributed by atoms with van der Waals surface area (Å²) in [5.41, 5.74) is 5.37. The van der Waals surface area contributed by atoms with E-state index in [0.29, 0.717) is 35.4 Å². The first-order valence-corrected chi connectivity index (χ1v) is 13.5. The molecular weight excluding hydrogens is 500 g/mol. The lowest BCUT2D eigenvalue weighted by atomic mass is 9.95. The molecule has 2 aliphatic rings. The van der Waals surface area contributed by atoms with Gasteiger partial charge in [0.25, 0.3) is 0 Å². The van der Waals surface area contributed by atoms with Gasteiger partial charge >= 0.3 is 0 Å². The first-order valence-electron chi connectivity index (χ1n) is 13.5. The maximum atomic E-state index is 6.15. The zero-order valence-electron chi connectivity index (χ0n) is 22.2. The van der Waals surface area contributed by atoms with Crippen molar-refractivity contribution in [2.24, 2.45) is 17.8 Å². The van der Waals surface area contributed by atoms with Crippen molar-refractivity contribution in [2.45, 2.75) is 19.8 Å². The monoisotopic (exact) mass is 528 g/mol. The molecule has 2 aromatic heterocycles. The lowest BCUT2D eigenvalue weighted by molar-refractivity contribution is 0.228. The maximum Gasteiger partial charge on any atom is 0.248 e. The normalized spacial score (nSPS) is 19.3. The van der Waals surface area contributed by atoms with Crippen LogP contribution in [0.3, 0.4) is 0 Å². The van der Waals surface area contributed by atoms with Gasteiger partial charge in [0.1, 0.15) is 5.75 Å². The van der Waals surface area contributed by atoms with Crippen LogP contribution in [-0.4, -0.2) is 27.0 Å². The summed E-state index contributed by atoms with van der Waals surface area (Å²) in [7, 11) is 0. The summed E-state index contributed by atoms with van der Waals surface area (Å²) in [6, 6.07) is 23.4. The third-order valence-corrected chi connectivity index (χ3v) is 7.81. The molecule has 0 aliphatic heterocycles. The molecule has 0 N–H and O–H groups in total. The maximum absolute atomic E-state index is 6.15. The Bertz CT molecular complexity index is 1700. The van der Waals surface area contributed by atoms with Crippen molar-refractivity contribution in [1.82, 2.24) is 20.4 Å². The van der Waals surface area contributed by atoms with Gasteiger partial charge in [-0.25, -0.2) is 0 Å². The quantitative estimate of drug-likeness (QED) is 0.190. The molecule has 7 rings (SSSR count). The van der Waals surface area contributed by atoms with Crippen LogP contribution in [0.2, 0.25) is 0 Å². The summed E-state index contributed by atoms with van der Waals surface area (Å²) in [6.45, 7) is 6.68. The minimum absolute atomic E-state index is 0.436. The standard InChI is InChI=1S/C33H28N4O3/c1-20(2)22-8-10-23(11-9-22)30-34-35-31(39-30)24-12-14-25(15-13-24)32-36-37-33(40-32)27-4-3-5-29(18-27)38-19-28-17-21-6-7-26(28)16-21/h3-15,18,21,26,28H,1,16-17,19H2,2H3. The summed E-state index contributed by atoms with van der Waals surface area (Å²) in [4.78, 5) is 0. The molecule has 0 spiro atoms. The summed E-state index contributed by atoms with van der Waals surface area (Å²) in [5, 5.41) is 17.0. The van der Waals surface area contributed by atoms with E-state index in [0.717, 1.165) is 51.7 Å². The zero-order valence-corrected chi connectivity index (χ0v) is 22.2. The van der Waals surface area contributed by atoms with Crippen molar-refractivity contribution in [3.8, 4) is 51.6 Å². The minimum Gasteiger partial charge on any atom is -0.493 e. The smallest absolute Gasteiger partial charge is 0.248 e. The predicted octanol–water partition coefficient (Wildman–Crippen LogP) is 7.74. The second-order valence-electron chi connectivity index (χ2n) is 10.6. The van der Waals surface area contributed by atoms with E-state index in [9.17, 15) is 0 Å². The lowest BCUT2D eigenvalue weighted by Crippen LogP contribution is -2.16. The summed E-state index contributed by atoms with van der Waals surface area (Å²) >= 11 is 0. The largest absolute Gasteiger partial charge is 0.493 e. The van der Waals surface area contributed by atoms with Gasteiger partial charge in [0.05, 0.1) is 6.61 Å². The highest BCUT2D eigenvalue weighted by molar-refractivity contribution is 5.66. The fourth-order valence-corrected chi connectivity index (χ4v) is 5.57. The van der Waals surface area contributed by atoms with Crippen molar-refractivity contribution in [1.29, 1.82) is 0 Å². The Kier molecular flexibility index (Phi) is 6.11. The van der Waals surface area contributed by atoms with Gasteiger partial charge in [0.2, 0.25) is 23.6 Å². The van der Waals surface area contributed by atoms with Crippen LogP contribution >= 0.6 is 0 Å². The van der Waals surface area contributed by atoms with E-state index in [4.69, 9.17) is 13.6 Å². The Labute approximate surface area is 232 Å². The molecule has 7 nitrogen and oxygen atoms in total. The van der Waals surface area contributed by atoms with E-state index >= 15 is 0 Å². The molecule has 40 heavy (non-hydrogen) atoms. The summed E-state index contributed by atoms with van der Waals surface area (Å²) in [6.07, 6.45) is 7.22. The fourth-order valence-electron chi connectivity index (χ4n) is 5.57. The highest BCUT2D eigenvalue weighted by Gasteiger charge is 2.35. The topological polar surface area (TPSA) is 87.1 Å². The van der Waals surface area contributed by atoms with Gasteiger partial charge in [-0.15, -0.1) is 20.4 Å². The highest BCUT2D eigenvalue weighted by Crippen LogP contribution is 2.43. The van der Waals surface area contributed by atoms with Crippen molar-refractivity contribution in [3.63, 3.8) is 0 Å². The number of benzene rings is 3. The van der Waals surface area contributed by atoms with Crippen molar-refractivity contribution < 1.29 is 13.6 Å². The van der Waals surface area contributed by atoms with Gasteiger partial charge in [0.15, 0.2) is 0 Å². The third kappa shape index (κ3) is 4.75. The predicted molar refractivity (Wildman–Crippen MR) is 153 cm³/mol. The molecule has 0 radical (unpaired) electrons. The van der Waals surface area contributed by atoms with E-state index < -0.39 is 0 Å². The SMILES string of the molecule is C=C(C)c1ccc(-c2nnc(-c3ccc(-c4nnc(-c5cccc(OCC6CC7C=CC6C7)c5)o4)cc3)o2)cc1. The Morgan fingerprint density at radius 2 is 1.32 bits per heavy atom. The lowest BCUT2D eigenvalue weighted by Gasteiger charge is -2.18. The average Bonchev–Trinajstić information content (AvgIpc) is 3.82. The van der Waals surface area contributed by atoms with Crippen molar-refractivity contribution in [2.75, 3.05) is 6.61 Å².